The number of hydrogen-bond acceptors (Lipinski definition) is 6. The van der Waals surface area contributed by atoms with Crippen molar-refractivity contribution in [2.24, 2.45) is 5.41 Å². The third kappa shape index (κ3) is 5.04. The van der Waals surface area contributed by atoms with E-state index in [2.05, 4.69) is 10.3 Å². The van der Waals surface area contributed by atoms with Gasteiger partial charge < -0.3 is 15.0 Å². The van der Waals surface area contributed by atoms with Gasteiger partial charge in [-0.15, -0.1) is 0 Å². The lowest BCUT2D eigenvalue weighted by Gasteiger charge is -2.45. The average Bonchev–Trinajstić information content (AvgIpc) is 3.31. The molecule has 2 aromatic carbocycles. The predicted molar refractivity (Wildman–Crippen MR) is 137 cm³/mol. The average molecular weight is 539 g/mol. The Hall–Kier alpha value is -4.05. The number of carbonyl (C=O) groups excluding carboxylic acids is 2. The van der Waals surface area contributed by atoms with E-state index < -0.39 is 16.6 Å². The quantitative estimate of drug-likeness (QED) is 0.336. The summed E-state index contributed by atoms with van der Waals surface area (Å²) >= 11 is 5.83. The van der Waals surface area contributed by atoms with Crippen molar-refractivity contribution in [3.05, 3.63) is 92.4 Å². The van der Waals surface area contributed by atoms with Crippen LogP contribution in [-0.4, -0.2) is 45.8 Å². The highest BCUT2D eigenvalue weighted by molar-refractivity contribution is 6.30. The van der Waals surface area contributed by atoms with Crippen LogP contribution in [0.25, 0.3) is 0 Å². The third-order valence-corrected chi connectivity index (χ3v) is 7.48. The predicted octanol–water partition coefficient (Wildman–Crippen LogP) is 5.31. The van der Waals surface area contributed by atoms with Crippen molar-refractivity contribution in [3.63, 3.8) is 0 Å². The minimum absolute atomic E-state index is 0.0283. The number of ether oxygens (including phenoxy) is 1. The molecule has 1 spiro atoms. The van der Waals surface area contributed by atoms with Crippen molar-refractivity contribution in [3.8, 4) is 11.6 Å². The van der Waals surface area contributed by atoms with E-state index in [1.807, 2.05) is 0 Å². The molecular formula is C27H24ClFN4O5. The van der Waals surface area contributed by atoms with Crippen molar-refractivity contribution in [2.75, 3.05) is 13.1 Å². The molecule has 196 valence electrons. The molecular weight excluding hydrogens is 515 g/mol. The van der Waals surface area contributed by atoms with E-state index in [1.54, 1.807) is 41.3 Å². The highest BCUT2D eigenvalue weighted by atomic mass is 35.5. The van der Waals surface area contributed by atoms with Gasteiger partial charge in [0.25, 0.3) is 17.5 Å². The number of nitrogens with zero attached hydrogens (tertiary/aromatic N) is 3. The zero-order valence-corrected chi connectivity index (χ0v) is 21.2. The zero-order chi connectivity index (χ0) is 27.0. The Labute approximate surface area is 222 Å². The largest absolute Gasteiger partial charge is 0.439 e. The normalized spacial score (nSPS) is 20.2. The van der Waals surface area contributed by atoms with Crippen LogP contribution in [0.15, 0.2) is 54.7 Å². The fraction of sp³-hybridized carbons (Fsp3) is 0.296. The molecule has 38 heavy (non-hydrogen) atoms. The number of aromatic nitrogens is 1. The van der Waals surface area contributed by atoms with Crippen LogP contribution in [0.1, 0.15) is 45.5 Å². The van der Waals surface area contributed by atoms with E-state index >= 15 is 0 Å². The van der Waals surface area contributed by atoms with Crippen LogP contribution in [0.4, 0.5) is 10.1 Å². The van der Waals surface area contributed by atoms with Crippen molar-refractivity contribution >= 4 is 29.1 Å². The first-order valence-corrected chi connectivity index (χ1v) is 12.4. The highest BCUT2D eigenvalue weighted by Crippen LogP contribution is 2.48. The summed E-state index contributed by atoms with van der Waals surface area (Å²) in [5, 5.41) is 14.8. The zero-order valence-electron chi connectivity index (χ0n) is 20.4. The minimum Gasteiger partial charge on any atom is -0.439 e. The lowest BCUT2D eigenvalue weighted by molar-refractivity contribution is -0.385. The molecule has 2 heterocycles. The fourth-order valence-corrected chi connectivity index (χ4v) is 5.41. The van der Waals surface area contributed by atoms with Crippen LogP contribution in [0, 0.1) is 28.3 Å². The van der Waals surface area contributed by atoms with Gasteiger partial charge in [-0.25, -0.2) is 9.37 Å². The van der Waals surface area contributed by atoms with Crippen LogP contribution in [0.3, 0.4) is 0 Å². The number of halogens is 2. The number of hydrogen-bond donors (Lipinski definition) is 1. The topological polar surface area (TPSA) is 115 Å². The number of nitro groups is 1. The van der Waals surface area contributed by atoms with Gasteiger partial charge in [0.2, 0.25) is 5.88 Å². The number of rotatable bonds is 6. The molecule has 1 saturated carbocycles. The second-order valence-corrected chi connectivity index (χ2v) is 10.3. The van der Waals surface area contributed by atoms with E-state index in [-0.39, 0.29) is 34.2 Å². The molecule has 0 bridgehead atoms. The minimum atomic E-state index is -0.765. The Morgan fingerprint density at radius 3 is 2.58 bits per heavy atom. The van der Waals surface area contributed by atoms with E-state index in [0.717, 1.165) is 18.6 Å². The molecule has 0 unspecified atom stereocenters. The molecule has 9 nitrogen and oxygen atoms in total. The Morgan fingerprint density at radius 1 is 1.18 bits per heavy atom. The van der Waals surface area contributed by atoms with E-state index in [4.69, 9.17) is 16.3 Å². The molecule has 1 N–H and O–H groups in total. The number of likely N-dealkylation sites (tertiary alicyclic amines) is 1. The van der Waals surface area contributed by atoms with E-state index in [1.165, 1.54) is 13.1 Å². The fourth-order valence-electron chi connectivity index (χ4n) is 5.30. The molecule has 0 radical (unpaired) electrons. The van der Waals surface area contributed by atoms with Crippen molar-refractivity contribution in [1.82, 2.24) is 15.2 Å². The summed E-state index contributed by atoms with van der Waals surface area (Å²) in [6.45, 7) is 2.25. The smallest absolute Gasteiger partial charge is 0.273 e. The number of benzene rings is 2. The van der Waals surface area contributed by atoms with Crippen LogP contribution < -0.4 is 10.1 Å². The molecule has 1 aromatic heterocycles. The number of amides is 2. The Bertz CT molecular complexity index is 1410. The second-order valence-electron chi connectivity index (χ2n) is 9.82. The molecule has 5 rings (SSSR count). The molecule has 2 aliphatic rings. The highest BCUT2D eigenvalue weighted by Gasteiger charge is 2.50. The lowest BCUT2D eigenvalue weighted by Crippen LogP contribution is -2.52. The second kappa shape index (κ2) is 10.0. The standard InChI is InChI=1S/C27H24ClFN4O5/c1-16-22(33(36)37)8-7-21(29)24(16)26(35)32-11-10-27(15-32)12-19(13-27)31-25(34)17-2-5-20(6-3-17)38-23-9-4-18(28)14-30-23/h2-9,14,19H,10-13,15H2,1H3,(H,31,34). The molecule has 1 aliphatic heterocycles. The van der Waals surface area contributed by atoms with Gasteiger partial charge in [0.15, 0.2) is 0 Å². The van der Waals surface area contributed by atoms with Gasteiger partial charge in [0.1, 0.15) is 11.6 Å². The maximum Gasteiger partial charge on any atom is 0.273 e. The first kappa shape index (κ1) is 25.6. The summed E-state index contributed by atoms with van der Waals surface area (Å²) in [6, 6.07) is 12.0. The van der Waals surface area contributed by atoms with Gasteiger partial charge in [0.05, 0.1) is 15.5 Å². The monoisotopic (exact) mass is 538 g/mol. The van der Waals surface area contributed by atoms with Crippen LogP contribution in [-0.2, 0) is 0 Å². The third-order valence-electron chi connectivity index (χ3n) is 7.25. The summed E-state index contributed by atoms with van der Waals surface area (Å²) in [4.78, 5) is 42.0. The molecule has 11 heteroatoms. The molecule has 2 fully saturated rings. The van der Waals surface area contributed by atoms with Gasteiger partial charge >= 0.3 is 0 Å². The Balaban J connectivity index is 1.15. The maximum absolute atomic E-state index is 14.5. The molecule has 1 saturated heterocycles. The van der Waals surface area contributed by atoms with E-state index in [0.29, 0.717) is 48.1 Å². The Morgan fingerprint density at radius 2 is 1.92 bits per heavy atom. The van der Waals surface area contributed by atoms with Crippen molar-refractivity contribution in [2.45, 2.75) is 32.2 Å². The summed E-state index contributed by atoms with van der Waals surface area (Å²) < 4.78 is 20.1. The number of carbonyl (C=O) groups is 2. The summed E-state index contributed by atoms with van der Waals surface area (Å²) in [5.41, 5.74) is -0.166. The van der Waals surface area contributed by atoms with Gasteiger partial charge in [-0.05, 0) is 68.0 Å². The summed E-state index contributed by atoms with van der Waals surface area (Å²) in [7, 11) is 0. The van der Waals surface area contributed by atoms with Gasteiger partial charge in [-0.3, -0.25) is 19.7 Å². The molecule has 3 aromatic rings. The van der Waals surface area contributed by atoms with Crippen LogP contribution in [0.5, 0.6) is 11.6 Å². The van der Waals surface area contributed by atoms with Crippen LogP contribution >= 0.6 is 11.6 Å². The van der Waals surface area contributed by atoms with Crippen molar-refractivity contribution in [1.29, 1.82) is 0 Å². The molecule has 0 atom stereocenters. The number of pyridine rings is 1. The van der Waals surface area contributed by atoms with Gasteiger partial charge in [-0.1, -0.05) is 11.6 Å². The molecule has 1 aliphatic carbocycles. The first-order valence-electron chi connectivity index (χ1n) is 12.1. The SMILES string of the molecule is Cc1c([N+](=O)[O-])ccc(F)c1C(=O)N1CCC2(CC(NC(=O)c3ccc(Oc4ccc(Cl)cn4)cc3)C2)C1. The lowest BCUT2D eigenvalue weighted by atomic mass is 9.65. The summed E-state index contributed by atoms with van der Waals surface area (Å²) in [5.74, 6) is -0.590. The molecule has 2 amide bonds. The summed E-state index contributed by atoms with van der Waals surface area (Å²) in [6.07, 6.45) is 3.60. The van der Waals surface area contributed by atoms with Gasteiger partial charge in [-0.2, -0.15) is 0 Å². The first-order chi connectivity index (χ1) is 18.1. The Kier molecular flexibility index (Phi) is 6.75. The number of nitrogens with one attached hydrogen (secondary N) is 1. The van der Waals surface area contributed by atoms with E-state index in [9.17, 15) is 24.1 Å². The van der Waals surface area contributed by atoms with Gasteiger partial charge in [0, 0.05) is 48.6 Å². The van der Waals surface area contributed by atoms with Crippen LogP contribution in [0.2, 0.25) is 5.02 Å². The maximum atomic E-state index is 14.5. The van der Waals surface area contributed by atoms with Crippen molar-refractivity contribution < 1.29 is 23.6 Å². The number of nitro benzene ring substituents is 1.